The molecule has 178 valence electrons. The third-order valence-corrected chi connectivity index (χ3v) is 7.65. The lowest BCUT2D eigenvalue weighted by Crippen LogP contribution is -2.38. The van der Waals surface area contributed by atoms with Gasteiger partial charge in [0.15, 0.2) is 12.4 Å². The van der Waals surface area contributed by atoms with Gasteiger partial charge in [-0.15, -0.1) is 0 Å². The van der Waals surface area contributed by atoms with Gasteiger partial charge in [0.2, 0.25) is 15.9 Å². The molecule has 1 aromatic heterocycles. The molecule has 1 N–H and O–H groups in total. The maximum absolute atomic E-state index is 13.1. The molecule has 2 heterocycles. The van der Waals surface area contributed by atoms with Crippen LogP contribution in [0.4, 0.5) is 10.1 Å². The van der Waals surface area contributed by atoms with Crippen molar-refractivity contribution in [3.8, 4) is 5.75 Å². The number of carbonyl (C=O) groups is 1. The molecule has 1 aliphatic carbocycles. The Balaban J connectivity index is 1.37. The summed E-state index contributed by atoms with van der Waals surface area (Å²) < 4.78 is 52.5. The van der Waals surface area contributed by atoms with Gasteiger partial charge in [-0.2, -0.15) is 4.98 Å². The van der Waals surface area contributed by atoms with Crippen LogP contribution >= 0.6 is 0 Å². The predicted octanol–water partition coefficient (Wildman–Crippen LogP) is 3.19. The topological polar surface area (TPSA) is 115 Å². The lowest BCUT2D eigenvalue weighted by Gasteiger charge is -2.29. The van der Waals surface area contributed by atoms with E-state index in [1.165, 1.54) is 35.2 Å². The Morgan fingerprint density at radius 2 is 1.97 bits per heavy atom. The third kappa shape index (κ3) is 4.40. The first-order valence-corrected chi connectivity index (χ1v) is 12.4. The van der Waals surface area contributed by atoms with Gasteiger partial charge in [0.25, 0.3) is 5.91 Å². The maximum atomic E-state index is 13.1. The predicted molar refractivity (Wildman–Crippen MR) is 119 cm³/mol. The summed E-state index contributed by atoms with van der Waals surface area (Å²) in [7, 11) is -3.89. The Bertz CT molecular complexity index is 1340. The van der Waals surface area contributed by atoms with E-state index in [9.17, 15) is 17.6 Å². The molecule has 1 saturated carbocycles. The highest BCUT2D eigenvalue weighted by atomic mass is 32.2. The van der Waals surface area contributed by atoms with Gasteiger partial charge in [-0.25, -0.2) is 17.5 Å². The average Bonchev–Trinajstić information content (AvgIpc) is 3.21. The summed E-state index contributed by atoms with van der Waals surface area (Å²) >= 11 is 0. The van der Waals surface area contributed by atoms with Gasteiger partial charge in [-0.05, 0) is 49.1 Å². The number of nitrogens with one attached hydrogen (secondary N) is 1. The van der Waals surface area contributed by atoms with Crippen LogP contribution < -0.4 is 14.4 Å². The molecule has 0 atom stereocenters. The van der Waals surface area contributed by atoms with Crippen molar-refractivity contribution in [2.75, 3.05) is 11.5 Å². The summed E-state index contributed by atoms with van der Waals surface area (Å²) in [5, 5.41) is 4.01. The first-order chi connectivity index (χ1) is 16.3. The number of ether oxygens (including phenoxy) is 1. The molecule has 0 radical (unpaired) electrons. The van der Waals surface area contributed by atoms with E-state index in [1.807, 2.05) is 0 Å². The Morgan fingerprint density at radius 1 is 1.21 bits per heavy atom. The van der Waals surface area contributed by atoms with E-state index in [-0.39, 0.29) is 42.2 Å². The molecule has 2 aromatic carbocycles. The van der Waals surface area contributed by atoms with Crippen LogP contribution in [0.25, 0.3) is 0 Å². The van der Waals surface area contributed by atoms with Crippen LogP contribution in [-0.2, 0) is 27.9 Å². The molecular formula is C23H23FN4O5S. The summed E-state index contributed by atoms with van der Waals surface area (Å²) in [4.78, 5) is 18.5. The van der Waals surface area contributed by atoms with Gasteiger partial charge in [-0.1, -0.05) is 23.7 Å². The first kappa shape index (κ1) is 22.5. The number of rotatable bonds is 7. The fourth-order valence-corrected chi connectivity index (χ4v) is 5.21. The molecule has 3 aromatic rings. The van der Waals surface area contributed by atoms with Gasteiger partial charge in [0.1, 0.15) is 11.6 Å². The number of nitrogens with zero attached hydrogens (tertiary/aromatic N) is 3. The van der Waals surface area contributed by atoms with Crippen LogP contribution in [0.15, 0.2) is 45.8 Å². The van der Waals surface area contributed by atoms with Crippen molar-refractivity contribution in [1.82, 2.24) is 14.9 Å². The monoisotopic (exact) mass is 486 g/mol. The van der Waals surface area contributed by atoms with E-state index in [2.05, 4.69) is 14.9 Å². The summed E-state index contributed by atoms with van der Waals surface area (Å²) in [5.74, 6) is 0.854. The smallest absolute Gasteiger partial charge is 0.265 e. The number of hydrogen-bond donors (Lipinski definition) is 1. The number of fused-ring (bicyclic) bond motifs is 1. The van der Waals surface area contributed by atoms with Crippen molar-refractivity contribution in [2.45, 2.75) is 50.1 Å². The minimum Gasteiger partial charge on any atom is -0.482 e. The molecule has 0 bridgehead atoms. The van der Waals surface area contributed by atoms with Gasteiger partial charge < -0.3 is 9.26 Å². The van der Waals surface area contributed by atoms with E-state index in [0.29, 0.717) is 28.5 Å². The summed E-state index contributed by atoms with van der Waals surface area (Å²) in [6.07, 6.45) is 3.18. The lowest BCUT2D eigenvalue weighted by molar-refractivity contribution is -0.121. The number of amides is 1. The highest BCUT2D eigenvalue weighted by Gasteiger charge is 2.31. The normalized spacial score (nSPS) is 16.2. The van der Waals surface area contributed by atoms with Crippen molar-refractivity contribution < 1.29 is 26.9 Å². The second kappa shape index (κ2) is 8.80. The first-order valence-electron chi connectivity index (χ1n) is 10.9. The summed E-state index contributed by atoms with van der Waals surface area (Å²) in [5.41, 5.74) is 1.51. The molecule has 5 rings (SSSR count). The number of carbonyl (C=O) groups excluding carboxylic acids is 1. The SMILES string of the molecule is Cc1cc2c(cc1S(=O)(=O)NCc1ccc(F)cc1)OCC(=O)N2Cc1noc(C2CCC2)n1. The van der Waals surface area contributed by atoms with Crippen molar-refractivity contribution >= 4 is 21.6 Å². The quantitative estimate of drug-likeness (QED) is 0.545. The number of sulfonamides is 1. The molecule has 0 unspecified atom stereocenters. The molecule has 11 heteroatoms. The number of aromatic nitrogens is 2. The number of hydrogen-bond acceptors (Lipinski definition) is 7. The van der Waals surface area contributed by atoms with Crippen molar-refractivity contribution in [3.63, 3.8) is 0 Å². The number of anilines is 1. The fourth-order valence-electron chi connectivity index (χ4n) is 3.95. The standard InChI is InChI=1S/C23H23FN4O5S/c1-14-9-18-19(10-20(14)34(30,31)25-11-15-5-7-17(24)8-6-15)32-13-22(29)28(18)12-21-26-23(33-27-21)16-3-2-4-16/h5-10,16,25H,2-4,11-13H2,1H3. The van der Waals surface area contributed by atoms with Crippen LogP contribution in [0.2, 0.25) is 0 Å². The zero-order valence-corrected chi connectivity index (χ0v) is 19.3. The van der Waals surface area contributed by atoms with E-state index in [1.54, 1.807) is 13.0 Å². The van der Waals surface area contributed by atoms with Crippen LogP contribution in [0.3, 0.4) is 0 Å². The summed E-state index contributed by atoms with van der Waals surface area (Å²) in [6.45, 7) is 1.52. The zero-order valence-electron chi connectivity index (χ0n) is 18.5. The Kier molecular flexibility index (Phi) is 5.82. The molecular weight excluding hydrogens is 463 g/mol. The second-order valence-corrected chi connectivity index (χ2v) is 10.2. The van der Waals surface area contributed by atoms with Crippen LogP contribution in [0, 0.1) is 12.7 Å². The van der Waals surface area contributed by atoms with E-state index < -0.39 is 15.8 Å². The van der Waals surface area contributed by atoms with Crippen molar-refractivity contribution in [3.05, 3.63) is 65.1 Å². The molecule has 9 nitrogen and oxygen atoms in total. The lowest BCUT2D eigenvalue weighted by atomic mass is 9.85. The molecule has 1 amide bonds. The molecule has 2 aliphatic rings. The third-order valence-electron chi connectivity index (χ3n) is 6.11. The molecule has 0 spiro atoms. The van der Waals surface area contributed by atoms with Crippen LogP contribution in [-0.4, -0.2) is 31.1 Å². The summed E-state index contributed by atoms with van der Waals surface area (Å²) in [6, 6.07) is 8.58. The zero-order chi connectivity index (χ0) is 23.9. The van der Waals surface area contributed by atoms with Gasteiger partial charge in [-0.3, -0.25) is 9.69 Å². The number of aryl methyl sites for hydroxylation is 1. The van der Waals surface area contributed by atoms with Crippen LogP contribution in [0.5, 0.6) is 5.75 Å². The van der Waals surface area contributed by atoms with E-state index in [4.69, 9.17) is 9.26 Å². The number of halogens is 1. The van der Waals surface area contributed by atoms with Gasteiger partial charge >= 0.3 is 0 Å². The maximum Gasteiger partial charge on any atom is 0.265 e. The highest BCUT2D eigenvalue weighted by molar-refractivity contribution is 7.89. The Labute approximate surface area is 196 Å². The molecule has 34 heavy (non-hydrogen) atoms. The fraction of sp³-hybridized carbons (Fsp3) is 0.348. The van der Waals surface area contributed by atoms with Crippen molar-refractivity contribution in [1.29, 1.82) is 0 Å². The van der Waals surface area contributed by atoms with E-state index >= 15 is 0 Å². The Morgan fingerprint density at radius 3 is 2.68 bits per heavy atom. The second-order valence-electron chi connectivity index (χ2n) is 8.48. The largest absolute Gasteiger partial charge is 0.482 e. The minimum atomic E-state index is -3.89. The Hall–Kier alpha value is -3.31. The average molecular weight is 487 g/mol. The molecule has 0 saturated heterocycles. The number of benzene rings is 2. The van der Waals surface area contributed by atoms with E-state index in [0.717, 1.165) is 19.3 Å². The van der Waals surface area contributed by atoms with Crippen molar-refractivity contribution in [2.24, 2.45) is 0 Å². The highest BCUT2D eigenvalue weighted by Crippen LogP contribution is 2.38. The van der Waals surface area contributed by atoms with Crippen LogP contribution in [0.1, 0.15) is 48.0 Å². The molecule has 1 fully saturated rings. The minimum absolute atomic E-state index is 0.00572. The van der Waals surface area contributed by atoms with Gasteiger partial charge in [0.05, 0.1) is 17.1 Å². The molecule has 1 aliphatic heterocycles. The van der Waals surface area contributed by atoms with Gasteiger partial charge in [0, 0.05) is 18.5 Å².